The molecule has 102 valence electrons. The Balaban J connectivity index is 0.00000133. The summed E-state index contributed by atoms with van der Waals surface area (Å²) in [6.07, 6.45) is 6.47. The van der Waals surface area contributed by atoms with Gasteiger partial charge in [-0.05, 0) is 22.0 Å². The second kappa shape index (κ2) is 7.75. The van der Waals surface area contributed by atoms with E-state index < -0.39 is 0 Å². The van der Waals surface area contributed by atoms with Crippen LogP contribution in [0.25, 0.3) is 0 Å². The van der Waals surface area contributed by atoms with Gasteiger partial charge in [0.15, 0.2) is 0 Å². The van der Waals surface area contributed by atoms with Gasteiger partial charge in [0.2, 0.25) is 0 Å². The van der Waals surface area contributed by atoms with Crippen molar-refractivity contribution in [2.75, 3.05) is 13.1 Å². The number of aromatic nitrogens is 1. The second-order valence-electron chi connectivity index (χ2n) is 4.31. The van der Waals surface area contributed by atoms with Crippen LogP contribution in [0.1, 0.15) is 18.4 Å². The van der Waals surface area contributed by atoms with Crippen molar-refractivity contribution in [2.45, 2.75) is 22.8 Å². The van der Waals surface area contributed by atoms with E-state index in [2.05, 4.69) is 21.7 Å². The predicted molar refractivity (Wildman–Crippen MR) is 80.2 cm³/mol. The lowest BCUT2D eigenvalue weighted by Gasteiger charge is -1.96. The summed E-state index contributed by atoms with van der Waals surface area (Å²) in [5.41, 5.74) is 1.30. The topological polar surface area (TPSA) is 15.9 Å². The Bertz CT molecular complexity index is 569. The van der Waals surface area contributed by atoms with Crippen LogP contribution in [0.2, 0.25) is 0 Å². The third-order valence-electron chi connectivity index (χ3n) is 2.97. The first-order valence-electron chi connectivity index (χ1n) is 6.12. The van der Waals surface area contributed by atoms with E-state index in [0.717, 1.165) is 5.75 Å². The number of halogens is 1. The van der Waals surface area contributed by atoms with Crippen molar-refractivity contribution in [3.63, 3.8) is 0 Å². The lowest BCUT2D eigenvalue weighted by molar-refractivity contribution is -0.00000353. The van der Waals surface area contributed by atoms with Gasteiger partial charge in [0.1, 0.15) is 13.1 Å². The van der Waals surface area contributed by atoms with Crippen molar-refractivity contribution in [3.8, 4) is 0 Å². The first-order valence-corrected chi connectivity index (χ1v) is 9.25. The molecule has 2 aromatic heterocycles. The molecule has 19 heavy (non-hydrogen) atoms. The molecule has 3 heterocycles. The molecule has 0 spiro atoms. The summed E-state index contributed by atoms with van der Waals surface area (Å²) in [5, 5.41) is 0. The molecule has 0 N–H and O–H groups in total. The van der Waals surface area contributed by atoms with Crippen molar-refractivity contribution in [1.82, 2.24) is 9.56 Å². The van der Waals surface area contributed by atoms with E-state index in [4.69, 9.17) is 0 Å². The van der Waals surface area contributed by atoms with Gasteiger partial charge >= 0.3 is 0 Å². The monoisotopic (exact) mass is 422 g/mol. The smallest absolute Gasteiger partial charge is 0.268 e. The number of thioether (sulfide) groups is 1. The lowest BCUT2D eigenvalue weighted by atomic mass is 10.3. The van der Waals surface area contributed by atoms with Crippen molar-refractivity contribution in [2.24, 2.45) is 0 Å². The van der Waals surface area contributed by atoms with Gasteiger partial charge in [0, 0.05) is 37.1 Å². The summed E-state index contributed by atoms with van der Waals surface area (Å²) in [7, 11) is 3.81. The highest BCUT2D eigenvalue weighted by molar-refractivity contribution is 8.02. The molecule has 0 unspecified atom stereocenters. The third-order valence-corrected chi connectivity index (χ3v) is 6.99. The van der Waals surface area contributed by atoms with Crippen LogP contribution in [0.4, 0.5) is 0 Å². The molecule has 1 fully saturated rings. The van der Waals surface area contributed by atoms with Crippen LogP contribution in [0.5, 0.6) is 0 Å². The fourth-order valence-corrected chi connectivity index (χ4v) is 5.84. The summed E-state index contributed by atoms with van der Waals surface area (Å²) < 4.78 is 5.38. The highest BCUT2D eigenvalue weighted by Crippen LogP contribution is 2.27. The maximum Gasteiger partial charge on any atom is 0.268 e. The Morgan fingerprint density at radius 2 is 2.11 bits per heavy atom. The van der Waals surface area contributed by atoms with Crippen LogP contribution in [-0.4, -0.2) is 18.1 Å². The molecular formula is C13H15IN2S3. The molecule has 1 saturated heterocycles. The minimum Gasteiger partial charge on any atom is -1.00 e. The second-order valence-corrected chi connectivity index (χ2v) is 7.78. The molecule has 0 saturated carbocycles. The summed E-state index contributed by atoms with van der Waals surface area (Å²) in [6, 6.07) is 6.49. The lowest BCUT2D eigenvalue weighted by Crippen LogP contribution is -3.00. The van der Waals surface area contributed by atoms with E-state index in [1.54, 1.807) is 0 Å². The van der Waals surface area contributed by atoms with E-state index in [1.165, 1.54) is 40.4 Å². The van der Waals surface area contributed by atoms with Gasteiger partial charge in [-0.15, -0.1) is 11.8 Å². The van der Waals surface area contributed by atoms with Gasteiger partial charge in [0.05, 0.1) is 4.21 Å². The quantitative estimate of drug-likeness (QED) is 0.301. The first kappa shape index (κ1) is 15.5. The molecule has 0 atom stereocenters. The van der Waals surface area contributed by atoms with Crippen LogP contribution >= 0.6 is 32.4 Å². The first-order chi connectivity index (χ1) is 8.92. The van der Waals surface area contributed by atoms with E-state index in [1.807, 2.05) is 50.9 Å². The molecule has 0 radical (unpaired) electrons. The largest absolute Gasteiger partial charge is 1.00 e. The summed E-state index contributed by atoms with van der Waals surface area (Å²) in [5.74, 6) is 1.01. The molecular weight excluding hydrogens is 407 g/mol. The summed E-state index contributed by atoms with van der Waals surface area (Å²) in [4.78, 5) is 4.15. The molecule has 0 amide bonds. The Morgan fingerprint density at radius 1 is 1.26 bits per heavy atom. The Morgan fingerprint density at radius 3 is 2.84 bits per heavy atom. The molecule has 0 aromatic carbocycles. The van der Waals surface area contributed by atoms with Crippen molar-refractivity contribution in [3.05, 3.63) is 40.8 Å². The van der Waals surface area contributed by atoms with Gasteiger partial charge in [-0.2, -0.15) is 0 Å². The molecule has 1 aliphatic heterocycles. The number of hydrogen-bond acceptors (Lipinski definition) is 4. The van der Waals surface area contributed by atoms with Crippen molar-refractivity contribution >= 4 is 32.4 Å². The van der Waals surface area contributed by atoms with Crippen molar-refractivity contribution < 1.29 is 24.0 Å². The van der Waals surface area contributed by atoms with Crippen LogP contribution in [0.15, 0.2) is 34.8 Å². The number of pyridine rings is 1. The van der Waals surface area contributed by atoms with E-state index in [-0.39, 0.29) is 24.0 Å². The van der Waals surface area contributed by atoms with Crippen LogP contribution < -0.4 is 33.2 Å². The average Bonchev–Trinajstić information content (AvgIpc) is 3.08. The molecule has 1 aliphatic rings. The molecule has 2 nitrogen and oxygen atoms in total. The number of rotatable bonds is 3. The zero-order valence-electron chi connectivity index (χ0n) is 10.4. The van der Waals surface area contributed by atoms with Gasteiger partial charge in [-0.3, -0.25) is 4.98 Å². The predicted octanol–water partition coefficient (Wildman–Crippen LogP) is 0.0669. The number of hydrogen-bond donors (Lipinski definition) is 0. The Labute approximate surface area is 142 Å². The zero-order valence-corrected chi connectivity index (χ0v) is 15.0. The average molecular weight is 422 g/mol. The zero-order chi connectivity index (χ0) is 12.2. The van der Waals surface area contributed by atoms with Gasteiger partial charge < -0.3 is 24.0 Å². The summed E-state index contributed by atoms with van der Waals surface area (Å²) >= 11 is 1.92. The van der Waals surface area contributed by atoms with Crippen LogP contribution in [0.3, 0.4) is 0 Å². The van der Waals surface area contributed by atoms with Gasteiger partial charge in [0.25, 0.3) is 4.67 Å². The Hall–Kier alpha value is 0.0800. The maximum absolute atomic E-state index is 4.15. The molecule has 6 heteroatoms. The maximum atomic E-state index is 4.15. The highest BCUT2D eigenvalue weighted by atomic mass is 127. The normalized spacial score (nSPS) is 14.4. The Kier molecular flexibility index (Phi) is 6.31. The molecule has 0 aliphatic carbocycles. The highest BCUT2D eigenvalue weighted by Gasteiger charge is 2.15. The van der Waals surface area contributed by atoms with Gasteiger partial charge in [-0.25, -0.2) is 4.58 Å². The van der Waals surface area contributed by atoms with Gasteiger partial charge in [-0.1, -0.05) is 16.4 Å². The van der Waals surface area contributed by atoms with E-state index in [0.29, 0.717) is 0 Å². The van der Waals surface area contributed by atoms with Crippen LogP contribution in [0, 0.1) is 0 Å². The third kappa shape index (κ3) is 4.27. The van der Waals surface area contributed by atoms with E-state index >= 15 is 0 Å². The standard InChI is InChI=1S/C13H15N2S3.HI/c1-2-7-15(6-1)12-8-13(18-17-12)16-10-11-4-3-5-14-9-11;/h3-5,8-9H,1-2,6-7,10H2;1H/q+1;/p-1. The summed E-state index contributed by atoms with van der Waals surface area (Å²) in [6.45, 7) is 2.47. The fraction of sp³-hybridized carbons (Fsp3) is 0.385. The van der Waals surface area contributed by atoms with E-state index in [9.17, 15) is 0 Å². The molecule has 3 rings (SSSR count). The number of nitrogens with zero attached hydrogens (tertiary/aromatic N) is 2. The minimum absolute atomic E-state index is 0. The molecule has 2 aromatic rings. The fourth-order valence-electron chi connectivity index (χ4n) is 2.02. The molecule has 0 bridgehead atoms. The van der Waals surface area contributed by atoms with Crippen LogP contribution in [-0.2, 0) is 5.75 Å². The minimum atomic E-state index is 0. The van der Waals surface area contributed by atoms with Crippen molar-refractivity contribution in [1.29, 1.82) is 0 Å². The SMILES string of the molecule is [I-].c1cncc(CSc2cc(=[N+]3CCCC3)ss2)c1.